The lowest BCUT2D eigenvalue weighted by Gasteiger charge is -2.34. The van der Waals surface area contributed by atoms with Crippen molar-refractivity contribution in [1.29, 1.82) is 0 Å². The van der Waals surface area contributed by atoms with Crippen LogP contribution < -0.4 is 0 Å². The maximum atomic E-state index is 14.0. The second-order valence-electron chi connectivity index (χ2n) is 5.94. The Morgan fingerprint density at radius 3 is 2.81 bits per heavy atom. The number of hydrogen-bond acceptors (Lipinski definition) is 3. The second kappa shape index (κ2) is 6.69. The van der Waals surface area contributed by atoms with Crippen LogP contribution in [0.5, 0.6) is 0 Å². The molecule has 0 aliphatic carbocycles. The maximum Gasteiger partial charge on any atom is 0.471 e. The minimum absolute atomic E-state index is 0.120. The van der Waals surface area contributed by atoms with Gasteiger partial charge in [0.1, 0.15) is 17.4 Å². The Balaban J connectivity index is 1.89. The lowest BCUT2D eigenvalue weighted by Crippen LogP contribution is -2.47. The van der Waals surface area contributed by atoms with Gasteiger partial charge in [-0.1, -0.05) is 0 Å². The molecule has 6 nitrogen and oxygen atoms in total. The number of fused-ring (bicyclic) bond motifs is 2. The van der Waals surface area contributed by atoms with Gasteiger partial charge in [0.2, 0.25) is 0 Å². The molecule has 1 amide bonds. The van der Waals surface area contributed by atoms with Gasteiger partial charge in [0, 0.05) is 31.2 Å². The van der Waals surface area contributed by atoms with Crippen LogP contribution in [0.4, 0.5) is 17.6 Å². The highest BCUT2D eigenvalue weighted by Gasteiger charge is 2.48. The molecule has 4 rings (SSSR count). The highest BCUT2D eigenvalue weighted by atomic mass is 127. The molecular formula is C15H11F4IN5OP. The Hall–Kier alpha value is -1.75. The van der Waals surface area contributed by atoms with Crippen LogP contribution in [0.2, 0.25) is 0 Å². The number of pyridine rings is 1. The van der Waals surface area contributed by atoms with Crippen molar-refractivity contribution in [1.82, 2.24) is 23.8 Å². The van der Waals surface area contributed by atoms with Gasteiger partial charge < -0.3 is 9.24 Å². The van der Waals surface area contributed by atoms with Crippen molar-refractivity contribution in [2.75, 3.05) is 6.54 Å². The Labute approximate surface area is 164 Å². The zero-order chi connectivity index (χ0) is 19.3. The highest BCUT2D eigenvalue weighted by molar-refractivity contribution is 14.2. The van der Waals surface area contributed by atoms with Crippen molar-refractivity contribution in [3.63, 3.8) is 0 Å². The van der Waals surface area contributed by atoms with Crippen LogP contribution in [0.15, 0.2) is 30.7 Å². The summed E-state index contributed by atoms with van der Waals surface area (Å²) < 4.78 is 56.5. The van der Waals surface area contributed by atoms with Crippen LogP contribution in [0.3, 0.4) is 0 Å². The molecule has 3 aromatic heterocycles. The van der Waals surface area contributed by atoms with Crippen LogP contribution in [0.25, 0.3) is 5.52 Å². The number of carbonyl (C=O) groups is 1. The number of carbonyl (C=O) groups excluding carboxylic acids is 1. The van der Waals surface area contributed by atoms with Crippen molar-refractivity contribution in [2.45, 2.75) is 18.6 Å². The molecule has 0 saturated heterocycles. The summed E-state index contributed by atoms with van der Waals surface area (Å²) in [4.78, 5) is 17.0. The van der Waals surface area contributed by atoms with E-state index in [2.05, 4.69) is 32.1 Å². The average molecular weight is 511 g/mol. The van der Waals surface area contributed by atoms with Gasteiger partial charge in [0.25, 0.3) is 0 Å². The van der Waals surface area contributed by atoms with Gasteiger partial charge in [-0.15, -0.1) is 0 Å². The van der Waals surface area contributed by atoms with Gasteiger partial charge in [-0.2, -0.15) is 18.3 Å². The number of aromatic nitrogens is 4. The summed E-state index contributed by atoms with van der Waals surface area (Å²) in [6.45, 7) is -0.126. The lowest BCUT2D eigenvalue weighted by atomic mass is 9.99. The summed E-state index contributed by atoms with van der Waals surface area (Å²) in [6, 6.07) is 2.90. The normalized spacial score (nSPS) is 17.8. The first-order chi connectivity index (χ1) is 12.8. The van der Waals surface area contributed by atoms with Crippen molar-refractivity contribution >= 4 is 39.8 Å². The minimum Gasteiger partial charge on any atom is -0.320 e. The van der Waals surface area contributed by atoms with E-state index in [9.17, 15) is 22.4 Å². The molecule has 27 heavy (non-hydrogen) atoms. The fraction of sp³-hybridized carbons (Fsp3) is 0.267. The Bertz CT molecular complexity index is 1030. The molecule has 0 saturated carbocycles. The SMILES string of the molecule is O=C(N1CCc2c(ncn2PI)C1c1cc2c(F)cccn2n1)C(F)(F)F. The first-order valence-corrected chi connectivity index (χ1v) is 11.8. The molecule has 0 bridgehead atoms. The quantitative estimate of drug-likeness (QED) is 0.301. The summed E-state index contributed by atoms with van der Waals surface area (Å²) in [5, 5.41) is 4.21. The lowest BCUT2D eigenvalue weighted by molar-refractivity contribution is -0.187. The molecule has 142 valence electrons. The van der Waals surface area contributed by atoms with E-state index in [-0.39, 0.29) is 24.2 Å². The fourth-order valence-corrected chi connectivity index (χ4v) is 4.93. The molecule has 0 aromatic carbocycles. The van der Waals surface area contributed by atoms with Gasteiger partial charge in [0.05, 0.1) is 17.7 Å². The number of rotatable bonds is 2. The van der Waals surface area contributed by atoms with Crippen molar-refractivity contribution in [3.05, 3.63) is 53.6 Å². The molecule has 3 aromatic rings. The summed E-state index contributed by atoms with van der Waals surface area (Å²) >= 11 is 2.15. The van der Waals surface area contributed by atoms with E-state index in [1.54, 1.807) is 6.33 Å². The topological polar surface area (TPSA) is 55.4 Å². The smallest absolute Gasteiger partial charge is 0.320 e. The minimum atomic E-state index is -5.02. The standard InChI is InChI=1S/C15H11F4IN5OP/c16-8-2-1-4-24-11(8)6-9(22-24)13-12-10(25(27-20)7-21-12)3-5-23(13)14(26)15(17,18)19/h1-2,4,6-7,13,27H,3,5H2. The third-order valence-corrected chi connectivity index (χ3v) is 6.53. The van der Waals surface area contributed by atoms with Crippen molar-refractivity contribution < 1.29 is 22.4 Å². The monoisotopic (exact) mass is 511 g/mol. The molecule has 2 unspecified atom stereocenters. The number of amides is 1. The van der Waals surface area contributed by atoms with Crippen LogP contribution >= 0.6 is 28.4 Å². The molecule has 2 atom stereocenters. The van der Waals surface area contributed by atoms with Crippen LogP contribution in [-0.4, -0.2) is 42.5 Å². The number of nitrogens with zero attached hydrogens (tertiary/aromatic N) is 5. The number of imidazole rings is 1. The van der Waals surface area contributed by atoms with E-state index in [4.69, 9.17) is 0 Å². The van der Waals surface area contributed by atoms with E-state index < -0.39 is 23.9 Å². The van der Waals surface area contributed by atoms with E-state index in [0.717, 1.165) is 10.6 Å². The second-order valence-corrected chi connectivity index (χ2v) is 8.03. The summed E-state index contributed by atoms with van der Waals surface area (Å²) in [5.74, 6) is -2.51. The Morgan fingerprint density at radius 1 is 1.37 bits per heavy atom. The summed E-state index contributed by atoms with van der Waals surface area (Å²) in [7, 11) is 0. The number of alkyl halides is 3. The predicted molar refractivity (Wildman–Crippen MR) is 98.4 cm³/mol. The molecule has 1 aliphatic heterocycles. The molecule has 0 N–H and O–H groups in total. The third-order valence-electron chi connectivity index (χ3n) is 4.40. The van der Waals surface area contributed by atoms with Gasteiger partial charge >= 0.3 is 12.1 Å². The van der Waals surface area contributed by atoms with E-state index in [0.29, 0.717) is 12.1 Å². The van der Waals surface area contributed by atoms with Gasteiger partial charge in [-0.25, -0.2) is 13.9 Å². The van der Waals surface area contributed by atoms with Crippen LogP contribution in [-0.2, 0) is 11.2 Å². The van der Waals surface area contributed by atoms with E-state index in [1.165, 1.54) is 28.9 Å². The molecule has 4 heterocycles. The molecule has 0 spiro atoms. The fourth-order valence-electron chi connectivity index (χ4n) is 3.26. The van der Waals surface area contributed by atoms with Crippen LogP contribution in [0.1, 0.15) is 23.1 Å². The molecule has 0 fully saturated rings. The molecule has 12 heteroatoms. The average Bonchev–Trinajstić information content (AvgIpc) is 3.23. The van der Waals surface area contributed by atoms with E-state index >= 15 is 0 Å². The van der Waals surface area contributed by atoms with Gasteiger partial charge in [-0.3, -0.25) is 4.79 Å². The van der Waals surface area contributed by atoms with E-state index in [1.807, 2.05) is 4.34 Å². The summed E-state index contributed by atoms with van der Waals surface area (Å²) in [5.41, 5.74) is 1.36. The number of halogens is 5. The predicted octanol–water partition coefficient (Wildman–Crippen LogP) is 3.50. The number of hydrogen-bond donors (Lipinski definition) is 0. The largest absolute Gasteiger partial charge is 0.471 e. The van der Waals surface area contributed by atoms with Crippen molar-refractivity contribution in [2.24, 2.45) is 0 Å². The van der Waals surface area contributed by atoms with Crippen LogP contribution in [0, 0.1) is 5.82 Å². The van der Waals surface area contributed by atoms with Gasteiger partial charge in [0.15, 0.2) is 0 Å². The zero-order valence-corrected chi connectivity index (χ0v) is 16.6. The Kier molecular flexibility index (Phi) is 4.61. The maximum absolute atomic E-state index is 14.0. The molecular weight excluding hydrogens is 500 g/mol. The van der Waals surface area contributed by atoms with Crippen molar-refractivity contribution in [3.8, 4) is 0 Å². The summed E-state index contributed by atoms with van der Waals surface area (Å²) in [6.07, 6.45) is -1.41. The molecule has 1 aliphatic rings. The van der Waals surface area contributed by atoms with Gasteiger partial charge in [-0.05, 0) is 40.2 Å². The zero-order valence-electron chi connectivity index (χ0n) is 13.4. The third kappa shape index (κ3) is 3.10. The first kappa shape index (κ1) is 18.6. The molecule has 0 radical (unpaired) electrons. The first-order valence-electron chi connectivity index (χ1n) is 7.75. The Morgan fingerprint density at radius 2 is 2.15 bits per heavy atom. The highest BCUT2D eigenvalue weighted by Crippen LogP contribution is 2.39.